The van der Waals surface area contributed by atoms with Crippen LogP contribution in [-0.2, 0) is 19.6 Å². The molecule has 1 aromatic heterocycles. The third-order valence-electron chi connectivity index (χ3n) is 11.7. The van der Waals surface area contributed by atoms with Crippen LogP contribution in [0.15, 0.2) is 83.3 Å². The maximum Gasteiger partial charge on any atom is 0.211 e. The van der Waals surface area contributed by atoms with Gasteiger partial charge in [0, 0.05) is 54.1 Å². The van der Waals surface area contributed by atoms with E-state index in [4.69, 9.17) is 0 Å². The molecule has 0 aliphatic heterocycles. The monoisotopic (exact) mass is 862 g/mol. The summed E-state index contributed by atoms with van der Waals surface area (Å²) in [5.41, 5.74) is 2.29. The van der Waals surface area contributed by atoms with Crippen molar-refractivity contribution in [2.45, 2.75) is 162 Å². The van der Waals surface area contributed by atoms with Crippen molar-refractivity contribution in [1.82, 2.24) is 9.62 Å². The SMILES string of the molecule is CCCCCCCCCCCCN(CCNS(=O)(=O)CCCC)C1=CC(=O)C(=C2C(=O)C(c3ccc(N(CCCCCCCCCCCC)c4ccccc4)s3)=C2O)C=C1. The number of thiophene rings is 1. The van der Waals surface area contributed by atoms with Gasteiger partial charge in [-0.05, 0) is 55.7 Å². The summed E-state index contributed by atoms with van der Waals surface area (Å²) >= 11 is 1.49. The van der Waals surface area contributed by atoms with Gasteiger partial charge in [-0.2, -0.15) is 0 Å². The standard InChI is InChI=1S/C50H75N3O5S2/c1-4-7-10-12-14-16-18-20-22-27-36-52(38-35-51-60(57,58)39-9-6-3)42-31-32-43(44(54)40-42)47-49(55)48(50(47)56)45-33-34-46(59-45)53(41-29-25-24-26-30-41)37-28-23-21-19-17-15-13-11-8-5-2/h24-26,29-34,40,51,55H,4-23,27-28,35-39H2,1-3H3. The van der Waals surface area contributed by atoms with Crippen LogP contribution in [0.3, 0.4) is 0 Å². The summed E-state index contributed by atoms with van der Waals surface area (Å²) in [4.78, 5) is 32.4. The Morgan fingerprint density at radius 3 is 1.72 bits per heavy atom. The molecule has 332 valence electrons. The van der Waals surface area contributed by atoms with Gasteiger partial charge in [-0.25, -0.2) is 13.1 Å². The molecule has 2 N–H and O–H groups in total. The highest BCUT2D eigenvalue weighted by Gasteiger charge is 2.39. The lowest BCUT2D eigenvalue weighted by Gasteiger charge is -2.28. The van der Waals surface area contributed by atoms with Crippen molar-refractivity contribution in [2.24, 2.45) is 0 Å². The van der Waals surface area contributed by atoms with E-state index in [-0.39, 0.29) is 46.3 Å². The third kappa shape index (κ3) is 16.1. The van der Waals surface area contributed by atoms with Crippen molar-refractivity contribution >= 4 is 49.2 Å². The van der Waals surface area contributed by atoms with Gasteiger partial charge >= 0.3 is 0 Å². The second-order valence-corrected chi connectivity index (χ2v) is 19.6. The largest absolute Gasteiger partial charge is 0.506 e. The van der Waals surface area contributed by atoms with Gasteiger partial charge in [0.15, 0.2) is 5.78 Å². The van der Waals surface area contributed by atoms with Crippen molar-refractivity contribution < 1.29 is 23.1 Å². The highest BCUT2D eigenvalue weighted by Crippen LogP contribution is 2.44. The normalized spacial score (nSPS) is 15.5. The quantitative estimate of drug-likeness (QED) is 0.0544. The maximum absolute atomic E-state index is 13.7. The number of para-hydroxylation sites is 1. The Kier molecular flexibility index (Phi) is 22.5. The number of anilines is 2. The molecule has 10 heteroatoms. The molecule has 2 aliphatic rings. The number of hydrogen-bond acceptors (Lipinski definition) is 8. The van der Waals surface area contributed by atoms with Crippen molar-refractivity contribution in [3.05, 3.63) is 88.2 Å². The molecule has 0 amide bonds. The third-order valence-corrected chi connectivity index (χ3v) is 14.3. The molecule has 0 saturated carbocycles. The van der Waals surface area contributed by atoms with Crippen molar-refractivity contribution in [3.63, 3.8) is 0 Å². The molecule has 0 atom stereocenters. The first-order valence-electron chi connectivity index (χ1n) is 23.5. The second kappa shape index (κ2) is 27.5. The summed E-state index contributed by atoms with van der Waals surface area (Å²) in [6.45, 7) is 8.69. The van der Waals surface area contributed by atoms with Crippen LogP contribution in [0, 0.1) is 0 Å². The Bertz CT molecular complexity index is 1840. The van der Waals surface area contributed by atoms with Gasteiger partial charge in [0.2, 0.25) is 15.8 Å². The first-order chi connectivity index (χ1) is 29.2. The van der Waals surface area contributed by atoms with E-state index in [0.29, 0.717) is 30.1 Å². The molecule has 60 heavy (non-hydrogen) atoms. The van der Waals surface area contributed by atoms with Crippen LogP contribution in [0.5, 0.6) is 0 Å². The van der Waals surface area contributed by atoms with Crippen LogP contribution in [0.25, 0.3) is 5.57 Å². The van der Waals surface area contributed by atoms with Gasteiger partial charge in [0.1, 0.15) is 5.76 Å². The number of carbonyl (C=O) groups excluding carboxylic acids is 2. The lowest BCUT2D eigenvalue weighted by molar-refractivity contribution is -0.114. The fourth-order valence-electron chi connectivity index (χ4n) is 8.04. The lowest BCUT2D eigenvalue weighted by atomic mass is 9.81. The molecule has 2 aromatic rings. The molecular formula is C50H75N3O5S2. The Morgan fingerprint density at radius 1 is 0.617 bits per heavy atom. The highest BCUT2D eigenvalue weighted by atomic mass is 32.2. The van der Waals surface area contributed by atoms with Gasteiger partial charge in [0.25, 0.3) is 0 Å². The molecular weight excluding hydrogens is 787 g/mol. The number of aliphatic hydroxyl groups is 1. The number of ketones is 2. The number of hydrogen-bond donors (Lipinski definition) is 2. The molecule has 0 bridgehead atoms. The van der Waals surface area contributed by atoms with Crippen molar-refractivity contribution in [1.29, 1.82) is 0 Å². The summed E-state index contributed by atoms with van der Waals surface area (Å²) in [6, 6.07) is 14.2. The zero-order valence-electron chi connectivity index (χ0n) is 37.2. The second-order valence-electron chi connectivity index (χ2n) is 16.7. The van der Waals surface area contributed by atoms with E-state index in [0.717, 1.165) is 49.3 Å². The van der Waals surface area contributed by atoms with Crippen LogP contribution >= 0.6 is 11.3 Å². The number of rotatable bonds is 33. The average molecular weight is 862 g/mol. The van der Waals surface area contributed by atoms with Crippen LogP contribution in [0.2, 0.25) is 0 Å². The summed E-state index contributed by atoms with van der Waals surface area (Å²) < 4.78 is 27.8. The highest BCUT2D eigenvalue weighted by molar-refractivity contribution is 7.89. The number of Topliss-reactive ketones (excluding diaryl/α,β-unsaturated/α-hetero) is 1. The Labute approximate surface area is 367 Å². The number of aliphatic hydroxyl groups excluding tert-OH is 1. The zero-order chi connectivity index (χ0) is 43.0. The minimum Gasteiger partial charge on any atom is -0.506 e. The number of sulfonamides is 1. The first kappa shape index (κ1) is 49.2. The number of unbranched alkanes of at least 4 members (excludes halogenated alkanes) is 19. The topological polar surface area (TPSA) is 107 Å². The summed E-state index contributed by atoms with van der Waals surface area (Å²) in [6.07, 6.45) is 31.2. The van der Waals surface area contributed by atoms with Gasteiger partial charge in [0.05, 0.1) is 21.9 Å². The minimum atomic E-state index is -3.37. The predicted octanol–water partition coefficient (Wildman–Crippen LogP) is 12.9. The van der Waals surface area contributed by atoms with Gasteiger partial charge < -0.3 is 14.9 Å². The van der Waals surface area contributed by atoms with E-state index >= 15 is 0 Å². The van der Waals surface area contributed by atoms with Crippen LogP contribution in [0.1, 0.15) is 167 Å². The molecule has 8 nitrogen and oxygen atoms in total. The van der Waals surface area contributed by atoms with Gasteiger partial charge in [-0.3, -0.25) is 9.59 Å². The Hall–Kier alpha value is -3.47. The van der Waals surface area contributed by atoms with E-state index in [1.54, 1.807) is 6.08 Å². The van der Waals surface area contributed by atoms with E-state index in [1.165, 1.54) is 120 Å². The molecule has 0 saturated heterocycles. The number of allylic oxidation sites excluding steroid dienone is 6. The van der Waals surface area contributed by atoms with Crippen LogP contribution < -0.4 is 9.62 Å². The average Bonchev–Trinajstić information content (AvgIpc) is 3.71. The summed E-state index contributed by atoms with van der Waals surface area (Å²) in [7, 11) is -3.37. The fraction of sp³-hybridized carbons (Fsp3) is 0.600. The van der Waals surface area contributed by atoms with E-state index in [9.17, 15) is 23.1 Å². The molecule has 0 fully saturated rings. The molecule has 2 aliphatic carbocycles. The van der Waals surface area contributed by atoms with Crippen LogP contribution in [-0.4, -0.2) is 61.9 Å². The number of benzene rings is 1. The van der Waals surface area contributed by atoms with Gasteiger partial charge in [-0.1, -0.05) is 161 Å². The van der Waals surface area contributed by atoms with Crippen molar-refractivity contribution in [2.75, 3.05) is 36.8 Å². The molecule has 1 aromatic carbocycles. The smallest absolute Gasteiger partial charge is 0.211 e. The number of nitrogens with one attached hydrogen (secondary N) is 1. The Balaban J connectivity index is 1.39. The number of nitrogens with zero attached hydrogens (tertiary/aromatic N) is 2. The first-order valence-corrected chi connectivity index (χ1v) is 26.0. The molecule has 1 heterocycles. The van der Waals surface area contributed by atoms with E-state index in [1.807, 2.05) is 43.3 Å². The maximum atomic E-state index is 13.7. The predicted molar refractivity (Wildman–Crippen MR) is 254 cm³/mol. The fourth-order valence-corrected chi connectivity index (χ4v) is 10.3. The minimum absolute atomic E-state index is 0.0618. The lowest BCUT2D eigenvalue weighted by Crippen LogP contribution is -2.36. The Morgan fingerprint density at radius 2 is 1.17 bits per heavy atom. The summed E-state index contributed by atoms with van der Waals surface area (Å²) in [5.74, 6) is -0.695. The zero-order valence-corrected chi connectivity index (χ0v) is 38.8. The number of carbonyl (C=O) groups is 2. The molecule has 0 radical (unpaired) electrons. The summed E-state index contributed by atoms with van der Waals surface area (Å²) in [5, 5.41) is 12.3. The van der Waals surface area contributed by atoms with Crippen LogP contribution in [0.4, 0.5) is 10.7 Å². The molecule has 4 rings (SSSR count). The van der Waals surface area contributed by atoms with Gasteiger partial charge in [-0.15, -0.1) is 11.3 Å². The van der Waals surface area contributed by atoms with E-state index < -0.39 is 10.0 Å². The van der Waals surface area contributed by atoms with Crippen molar-refractivity contribution in [3.8, 4) is 0 Å². The molecule has 0 spiro atoms. The molecule has 0 unspecified atom stereocenters. The van der Waals surface area contributed by atoms with E-state index in [2.05, 4.69) is 40.5 Å².